The molecular formula is C26H36N5O9P. The highest BCUT2D eigenvalue weighted by atomic mass is 31.2. The lowest BCUT2D eigenvalue weighted by Crippen LogP contribution is -2.40. The Hall–Kier alpha value is -3.10. The Morgan fingerprint density at radius 2 is 1.98 bits per heavy atom. The molecule has 0 saturated carbocycles. The Morgan fingerprint density at radius 1 is 1.27 bits per heavy atom. The molecule has 14 nitrogen and oxygen atoms in total. The molecule has 1 aliphatic heterocycles. The number of hydrogen-bond donors (Lipinski definition) is 4. The topological polar surface area (TPSA) is 189 Å². The quantitative estimate of drug-likeness (QED) is 0.176. The SMILES string of the molecule is COC(C)(C)COC(=O)[C@H](C)NP(=O)(OC[C@H]1O[C@@](C)(c2ccc3c(N)ncnn23)[C@H](O)[C@@H]1O)Oc1ccccc1. The molecule has 1 unspecified atom stereocenters. The molecule has 4 rings (SSSR count). The molecule has 0 radical (unpaired) electrons. The number of hydrogen-bond acceptors (Lipinski definition) is 12. The number of nitrogens with zero attached hydrogens (tertiary/aromatic N) is 3. The maximum absolute atomic E-state index is 13.9. The Labute approximate surface area is 237 Å². The van der Waals surface area contributed by atoms with Crippen molar-refractivity contribution in [1.29, 1.82) is 0 Å². The van der Waals surface area contributed by atoms with Gasteiger partial charge in [0.2, 0.25) is 0 Å². The number of ether oxygens (including phenoxy) is 3. The minimum atomic E-state index is -4.27. The van der Waals surface area contributed by atoms with Gasteiger partial charge in [0, 0.05) is 7.11 Å². The van der Waals surface area contributed by atoms with Crippen molar-refractivity contribution in [2.75, 3.05) is 26.1 Å². The highest BCUT2D eigenvalue weighted by molar-refractivity contribution is 7.52. The number of aliphatic hydroxyl groups excluding tert-OH is 2. The normalized spacial score (nSPS) is 25.1. The summed E-state index contributed by atoms with van der Waals surface area (Å²) in [7, 11) is -2.77. The number of esters is 1. The van der Waals surface area contributed by atoms with Crippen molar-refractivity contribution in [3.05, 3.63) is 54.5 Å². The van der Waals surface area contributed by atoms with Gasteiger partial charge in [0.15, 0.2) is 5.82 Å². The zero-order valence-corrected chi connectivity index (χ0v) is 24.4. The van der Waals surface area contributed by atoms with Crippen molar-refractivity contribution in [2.45, 2.75) is 63.3 Å². The summed E-state index contributed by atoms with van der Waals surface area (Å²) in [6.45, 7) is 6.02. The van der Waals surface area contributed by atoms with Crippen LogP contribution in [0.4, 0.5) is 5.82 Å². The molecule has 1 saturated heterocycles. The number of para-hydroxylation sites is 1. The number of nitrogens with one attached hydrogen (secondary N) is 1. The van der Waals surface area contributed by atoms with E-state index in [2.05, 4.69) is 15.2 Å². The summed E-state index contributed by atoms with van der Waals surface area (Å²) in [5, 5.41) is 28.7. The van der Waals surface area contributed by atoms with Crippen LogP contribution in [-0.2, 0) is 33.7 Å². The average Bonchev–Trinajstić information content (AvgIpc) is 3.48. The van der Waals surface area contributed by atoms with Crippen LogP contribution in [0.3, 0.4) is 0 Å². The second kappa shape index (κ2) is 12.0. The molecule has 5 N–H and O–H groups in total. The summed E-state index contributed by atoms with van der Waals surface area (Å²) < 4.78 is 43.3. The molecule has 3 aromatic rings. The van der Waals surface area contributed by atoms with Crippen molar-refractivity contribution in [2.24, 2.45) is 0 Å². The minimum absolute atomic E-state index is 0.0391. The lowest BCUT2D eigenvalue weighted by molar-refractivity contribution is -0.153. The van der Waals surface area contributed by atoms with Crippen molar-refractivity contribution < 1.29 is 42.8 Å². The molecule has 0 aliphatic carbocycles. The van der Waals surface area contributed by atoms with Gasteiger partial charge in [-0.15, -0.1) is 0 Å². The number of nitrogens with two attached hydrogens (primary N) is 1. The van der Waals surface area contributed by atoms with Crippen molar-refractivity contribution in [3.8, 4) is 5.75 Å². The van der Waals surface area contributed by atoms with Gasteiger partial charge in [-0.3, -0.25) is 9.32 Å². The lowest BCUT2D eigenvalue weighted by Gasteiger charge is -2.28. The van der Waals surface area contributed by atoms with Gasteiger partial charge in [-0.2, -0.15) is 10.2 Å². The van der Waals surface area contributed by atoms with E-state index in [0.29, 0.717) is 11.2 Å². The average molecular weight is 594 g/mol. The first-order valence-electron chi connectivity index (χ1n) is 12.9. The van der Waals surface area contributed by atoms with Crippen LogP contribution in [0, 0.1) is 0 Å². The third kappa shape index (κ3) is 6.70. The molecule has 3 heterocycles. The van der Waals surface area contributed by atoms with E-state index in [4.69, 9.17) is 29.0 Å². The van der Waals surface area contributed by atoms with Crippen LogP contribution in [0.25, 0.3) is 5.52 Å². The fourth-order valence-electron chi connectivity index (χ4n) is 4.26. The maximum atomic E-state index is 13.9. The Morgan fingerprint density at radius 3 is 2.66 bits per heavy atom. The molecule has 2 aromatic heterocycles. The van der Waals surface area contributed by atoms with E-state index in [0.717, 1.165) is 0 Å². The lowest BCUT2D eigenvalue weighted by atomic mass is 9.93. The van der Waals surface area contributed by atoms with Crippen LogP contribution >= 0.6 is 7.75 Å². The van der Waals surface area contributed by atoms with Gasteiger partial charge in [0.1, 0.15) is 54.2 Å². The second-order valence-corrected chi connectivity index (χ2v) is 12.2. The number of aromatic nitrogens is 3. The molecule has 0 bridgehead atoms. The third-order valence-electron chi connectivity index (χ3n) is 6.85. The number of benzene rings is 1. The highest BCUT2D eigenvalue weighted by Crippen LogP contribution is 2.47. The van der Waals surface area contributed by atoms with Crippen molar-refractivity contribution >= 4 is 25.1 Å². The van der Waals surface area contributed by atoms with Gasteiger partial charge in [-0.25, -0.2) is 14.1 Å². The van der Waals surface area contributed by atoms with E-state index in [9.17, 15) is 19.6 Å². The Balaban J connectivity index is 1.51. The monoisotopic (exact) mass is 593 g/mol. The summed E-state index contributed by atoms with van der Waals surface area (Å²) in [5.41, 5.74) is 4.68. The van der Waals surface area contributed by atoms with Gasteiger partial charge < -0.3 is 34.7 Å². The molecule has 1 fully saturated rings. The number of methoxy groups -OCH3 is 1. The number of carbonyl (C=O) groups excluding carboxylic acids is 1. The van der Waals surface area contributed by atoms with E-state index < -0.39 is 55.9 Å². The first kappa shape index (κ1) is 30.8. The predicted molar refractivity (Wildman–Crippen MR) is 147 cm³/mol. The first-order valence-corrected chi connectivity index (χ1v) is 14.4. The van der Waals surface area contributed by atoms with E-state index >= 15 is 0 Å². The van der Waals surface area contributed by atoms with Crippen LogP contribution in [0.2, 0.25) is 0 Å². The smallest absolute Gasteiger partial charge is 0.459 e. The molecule has 0 amide bonds. The summed E-state index contributed by atoms with van der Waals surface area (Å²) in [6, 6.07) is 10.4. The van der Waals surface area contributed by atoms with Crippen molar-refractivity contribution in [1.82, 2.24) is 19.7 Å². The number of rotatable bonds is 12. The van der Waals surface area contributed by atoms with Gasteiger partial charge >= 0.3 is 13.7 Å². The Bertz CT molecular complexity index is 1400. The van der Waals surface area contributed by atoms with Crippen LogP contribution in [0.15, 0.2) is 48.8 Å². The molecule has 1 aliphatic rings. The number of nitrogen functional groups attached to an aromatic ring is 1. The molecule has 6 atom stereocenters. The van der Waals surface area contributed by atoms with Gasteiger partial charge in [0.25, 0.3) is 0 Å². The van der Waals surface area contributed by atoms with Gasteiger partial charge in [-0.1, -0.05) is 18.2 Å². The fraction of sp³-hybridized carbons (Fsp3) is 0.500. The zero-order valence-electron chi connectivity index (χ0n) is 23.5. The van der Waals surface area contributed by atoms with Crippen molar-refractivity contribution in [3.63, 3.8) is 0 Å². The highest BCUT2D eigenvalue weighted by Gasteiger charge is 2.54. The van der Waals surface area contributed by atoms with E-state index in [-0.39, 0.29) is 18.2 Å². The van der Waals surface area contributed by atoms with E-state index in [1.807, 2.05) is 0 Å². The Kier molecular flexibility index (Phi) is 9.04. The third-order valence-corrected chi connectivity index (χ3v) is 8.50. The first-order chi connectivity index (χ1) is 19.3. The second-order valence-electron chi connectivity index (χ2n) is 10.5. The summed E-state index contributed by atoms with van der Waals surface area (Å²) in [6.07, 6.45) is -2.72. The molecule has 41 heavy (non-hydrogen) atoms. The summed E-state index contributed by atoms with van der Waals surface area (Å²) in [5.74, 6) is -0.275. The molecule has 224 valence electrons. The van der Waals surface area contributed by atoms with Gasteiger partial charge in [-0.05, 0) is 52.0 Å². The molecule has 15 heteroatoms. The molecule has 0 spiro atoms. The summed E-state index contributed by atoms with van der Waals surface area (Å²) >= 11 is 0. The molecular weight excluding hydrogens is 557 g/mol. The molecule has 1 aromatic carbocycles. The maximum Gasteiger partial charge on any atom is 0.459 e. The predicted octanol–water partition coefficient (Wildman–Crippen LogP) is 1.80. The number of aliphatic hydroxyl groups is 2. The van der Waals surface area contributed by atoms with Crippen LogP contribution in [-0.4, -0.2) is 81.1 Å². The van der Waals surface area contributed by atoms with E-state index in [1.54, 1.807) is 63.2 Å². The number of anilines is 1. The zero-order chi connectivity index (χ0) is 30.0. The van der Waals surface area contributed by atoms with E-state index in [1.165, 1.54) is 24.9 Å². The standard InChI is InChI=1S/C26H36N5O9P/c1-16(24(34)37-14-25(2,3)36-5)30-41(35,40-17-9-7-6-8-10-17)38-13-19-21(32)22(33)26(4,39-19)20-12-11-18-23(27)28-15-29-31(18)20/h6-12,15-16,19,21-22,32-33H,13-14H2,1-5H3,(H,30,35)(H2,27,28,29)/t16-,19+,21+,22+,26-,41?/m0/s1. The summed E-state index contributed by atoms with van der Waals surface area (Å²) in [4.78, 5) is 16.6. The largest absolute Gasteiger partial charge is 0.461 e. The van der Waals surface area contributed by atoms with Crippen LogP contribution < -0.4 is 15.3 Å². The number of fused-ring (bicyclic) bond motifs is 1. The minimum Gasteiger partial charge on any atom is -0.461 e. The van der Waals surface area contributed by atoms with Gasteiger partial charge in [0.05, 0.1) is 17.9 Å². The number of carbonyl (C=O) groups is 1. The van der Waals surface area contributed by atoms with Crippen LogP contribution in [0.5, 0.6) is 5.75 Å². The fourth-order valence-corrected chi connectivity index (χ4v) is 5.76. The van der Waals surface area contributed by atoms with Crippen LogP contribution in [0.1, 0.15) is 33.4 Å².